The first-order chi connectivity index (χ1) is 18.1. The Kier molecular flexibility index (Phi) is 6.17. The SMILES string of the molecule is CC1CC12C(=O)N(c1ccc(OC(F)(F)F)cc1)C(=O)N2c1ccncc1NC(=O)NCc1ccccc1. The number of benzene rings is 2. The molecule has 2 heterocycles. The number of aromatic nitrogens is 1. The summed E-state index contributed by atoms with van der Waals surface area (Å²) in [6, 6.07) is 14.1. The molecule has 2 N–H and O–H groups in total. The van der Waals surface area contributed by atoms with Gasteiger partial charge in [0.25, 0.3) is 5.91 Å². The number of carbonyl (C=O) groups is 3. The van der Waals surface area contributed by atoms with Gasteiger partial charge in [-0.2, -0.15) is 0 Å². The highest BCUT2D eigenvalue weighted by atomic mass is 19.4. The molecule has 1 aliphatic carbocycles. The molecule has 1 aliphatic heterocycles. The summed E-state index contributed by atoms with van der Waals surface area (Å²) in [4.78, 5) is 46.1. The topological polar surface area (TPSA) is 104 Å². The van der Waals surface area contributed by atoms with Crippen molar-refractivity contribution in [3.8, 4) is 5.75 Å². The number of imide groups is 1. The quantitative estimate of drug-likeness (QED) is 0.438. The van der Waals surface area contributed by atoms with Crippen LogP contribution in [-0.2, 0) is 11.3 Å². The van der Waals surface area contributed by atoms with Crippen molar-refractivity contribution in [2.24, 2.45) is 5.92 Å². The second-order valence-electron chi connectivity index (χ2n) is 9.02. The van der Waals surface area contributed by atoms with Crippen LogP contribution in [0.4, 0.5) is 39.8 Å². The lowest BCUT2D eigenvalue weighted by molar-refractivity contribution is -0.274. The fraction of sp³-hybridized carbons (Fsp3) is 0.231. The molecule has 2 unspecified atom stereocenters. The maximum Gasteiger partial charge on any atom is 0.573 e. The summed E-state index contributed by atoms with van der Waals surface area (Å²) in [5.74, 6) is -1.17. The average molecular weight is 525 g/mol. The average Bonchev–Trinajstić information content (AvgIpc) is 3.50. The third kappa shape index (κ3) is 4.60. The van der Waals surface area contributed by atoms with E-state index >= 15 is 0 Å². The van der Waals surface area contributed by atoms with Gasteiger partial charge < -0.3 is 15.4 Å². The lowest BCUT2D eigenvalue weighted by Crippen LogP contribution is -2.40. The second kappa shape index (κ2) is 9.36. The van der Waals surface area contributed by atoms with E-state index in [0.29, 0.717) is 6.42 Å². The van der Waals surface area contributed by atoms with Gasteiger partial charge in [-0.3, -0.25) is 14.7 Å². The monoisotopic (exact) mass is 525 g/mol. The zero-order valence-electron chi connectivity index (χ0n) is 20.0. The molecular formula is C26H22F3N5O4. The number of pyridine rings is 1. The van der Waals surface area contributed by atoms with E-state index in [2.05, 4.69) is 20.4 Å². The van der Waals surface area contributed by atoms with Gasteiger partial charge in [0.05, 0.1) is 23.3 Å². The molecule has 196 valence electrons. The number of hydrogen-bond donors (Lipinski definition) is 2. The van der Waals surface area contributed by atoms with Crippen molar-refractivity contribution in [1.82, 2.24) is 10.3 Å². The first kappa shape index (κ1) is 25.1. The summed E-state index contributed by atoms with van der Waals surface area (Å²) in [6.45, 7) is 2.09. The van der Waals surface area contributed by atoms with Gasteiger partial charge in [-0.25, -0.2) is 14.5 Å². The summed E-state index contributed by atoms with van der Waals surface area (Å²) in [6.07, 6.45) is -1.68. The number of urea groups is 2. The summed E-state index contributed by atoms with van der Waals surface area (Å²) in [7, 11) is 0. The zero-order valence-corrected chi connectivity index (χ0v) is 20.0. The molecule has 1 saturated carbocycles. The molecule has 5 amide bonds. The van der Waals surface area contributed by atoms with E-state index in [-0.39, 0.29) is 29.5 Å². The largest absolute Gasteiger partial charge is 0.573 e. The van der Waals surface area contributed by atoms with Crippen LogP contribution in [0.5, 0.6) is 5.75 Å². The van der Waals surface area contributed by atoms with Crippen LogP contribution < -0.4 is 25.2 Å². The number of nitrogens with one attached hydrogen (secondary N) is 2. The first-order valence-electron chi connectivity index (χ1n) is 11.7. The standard InChI is InChI=1S/C26H22F3N5O4/c1-16-13-25(16)22(35)33(18-7-9-19(10-8-18)38-26(27,28)29)24(37)34(25)21-11-12-30-15-20(21)32-23(36)31-14-17-5-3-2-4-6-17/h2-12,15-16H,13-14H2,1H3,(H2,31,32,36). The minimum atomic E-state index is -4.87. The maximum absolute atomic E-state index is 13.7. The Morgan fingerprint density at radius 1 is 1.11 bits per heavy atom. The summed E-state index contributed by atoms with van der Waals surface area (Å²) in [5, 5.41) is 5.43. The van der Waals surface area contributed by atoms with Crippen molar-refractivity contribution in [1.29, 1.82) is 0 Å². The van der Waals surface area contributed by atoms with Crippen LogP contribution in [0.25, 0.3) is 0 Å². The molecule has 1 spiro atoms. The van der Waals surface area contributed by atoms with Gasteiger partial charge in [0.15, 0.2) is 0 Å². The predicted octanol–water partition coefficient (Wildman–Crippen LogP) is 5.05. The molecule has 12 heteroatoms. The van der Waals surface area contributed by atoms with Gasteiger partial charge in [0, 0.05) is 12.7 Å². The molecular weight excluding hydrogens is 503 g/mol. The van der Waals surface area contributed by atoms with Crippen LogP contribution in [0.1, 0.15) is 18.9 Å². The van der Waals surface area contributed by atoms with E-state index in [4.69, 9.17) is 0 Å². The Balaban J connectivity index is 1.40. The number of amides is 5. The van der Waals surface area contributed by atoms with Crippen molar-refractivity contribution in [2.75, 3.05) is 15.1 Å². The Morgan fingerprint density at radius 2 is 1.79 bits per heavy atom. The molecule has 0 bridgehead atoms. The lowest BCUT2D eigenvalue weighted by Gasteiger charge is -2.24. The van der Waals surface area contributed by atoms with Crippen molar-refractivity contribution in [3.05, 3.63) is 78.6 Å². The van der Waals surface area contributed by atoms with Gasteiger partial charge in [-0.15, -0.1) is 13.2 Å². The van der Waals surface area contributed by atoms with Gasteiger partial charge in [0.2, 0.25) is 0 Å². The molecule has 1 saturated heterocycles. The maximum atomic E-state index is 13.7. The number of halogens is 3. The fourth-order valence-corrected chi connectivity index (χ4v) is 4.63. The summed E-state index contributed by atoms with van der Waals surface area (Å²) < 4.78 is 41.5. The molecule has 9 nitrogen and oxygen atoms in total. The molecule has 2 atom stereocenters. The van der Waals surface area contributed by atoms with Crippen molar-refractivity contribution < 1.29 is 32.3 Å². The lowest BCUT2D eigenvalue weighted by atomic mass is 10.1. The highest BCUT2D eigenvalue weighted by Crippen LogP contribution is 2.56. The van der Waals surface area contributed by atoms with Gasteiger partial charge in [0.1, 0.15) is 11.3 Å². The van der Waals surface area contributed by atoms with E-state index in [1.54, 1.807) is 0 Å². The van der Waals surface area contributed by atoms with Crippen molar-refractivity contribution >= 4 is 35.0 Å². The minimum absolute atomic E-state index is 0.0969. The molecule has 1 aromatic heterocycles. The molecule has 3 aromatic rings. The van der Waals surface area contributed by atoms with E-state index in [1.807, 2.05) is 37.3 Å². The molecule has 0 radical (unpaired) electrons. The van der Waals surface area contributed by atoms with E-state index in [9.17, 15) is 27.6 Å². The van der Waals surface area contributed by atoms with Crippen molar-refractivity contribution in [3.63, 3.8) is 0 Å². The highest BCUT2D eigenvalue weighted by Gasteiger charge is 2.70. The van der Waals surface area contributed by atoms with Crippen molar-refractivity contribution in [2.45, 2.75) is 31.8 Å². The second-order valence-corrected chi connectivity index (χ2v) is 9.02. The van der Waals surface area contributed by atoms with Crippen LogP contribution in [0.3, 0.4) is 0 Å². The molecule has 2 aliphatic rings. The predicted molar refractivity (Wildman–Crippen MR) is 132 cm³/mol. The van der Waals surface area contributed by atoms with Gasteiger partial charge in [-0.1, -0.05) is 37.3 Å². The fourth-order valence-electron chi connectivity index (χ4n) is 4.63. The van der Waals surface area contributed by atoms with Crippen LogP contribution >= 0.6 is 0 Å². The molecule has 38 heavy (non-hydrogen) atoms. The number of anilines is 3. The molecule has 2 fully saturated rings. The Labute approximate surface area is 215 Å². The van der Waals surface area contributed by atoms with E-state index in [1.165, 1.54) is 35.5 Å². The summed E-state index contributed by atoms with van der Waals surface area (Å²) >= 11 is 0. The Bertz CT molecular complexity index is 1380. The number of ether oxygens (including phenoxy) is 1. The number of alkyl halides is 3. The molecule has 2 aromatic carbocycles. The summed E-state index contributed by atoms with van der Waals surface area (Å²) in [5.41, 5.74) is 0.295. The first-order valence-corrected chi connectivity index (χ1v) is 11.7. The van der Waals surface area contributed by atoms with Gasteiger partial charge in [-0.05, 0) is 48.2 Å². The number of carbonyl (C=O) groups excluding carboxylic acids is 3. The molecule has 5 rings (SSSR count). The normalized spacial score (nSPS) is 20.6. The van der Waals surface area contributed by atoms with E-state index < -0.39 is 35.6 Å². The van der Waals surface area contributed by atoms with Crippen LogP contribution in [-0.4, -0.2) is 34.9 Å². The third-order valence-corrected chi connectivity index (χ3v) is 6.54. The number of hydrogen-bond acceptors (Lipinski definition) is 5. The van der Waals surface area contributed by atoms with Crippen LogP contribution in [0, 0.1) is 5.92 Å². The van der Waals surface area contributed by atoms with Gasteiger partial charge >= 0.3 is 18.4 Å². The van der Waals surface area contributed by atoms with E-state index in [0.717, 1.165) is 22.6 Å². The third-order valence-electron chi connectivity index (χ3n) is 6.54. The van der Waals surface area contributed by atoms with Crippen LogP contribution in [0.2, 0.25) is 0 Å². The number of nitrogens with zero attached hydrogens (tertiary/aromatic N) is 3. The Morgan fingerprint density at radius 3 is 2.42 bits per heavy atom. The zero-order chi connectivity index (χ0) is 27.1. The Hall–Kier alpha value is -4.61. The highest BCUT2D eigenvalue weighted by molar-refractivity contribution is 6.32. The minimum Gasteiger partial charge on any atom is -0.406 e. The van der Waals surface area contributed by atoms with Crippen LogP contribution in [0.15, 0.2) is 73.1 Å². The smallest absolute Gasteiger partial charge is 0.406 e. The number of rotatable bonds is 6.